The summed E-state index contributed by atoms with van der Waals surface area (Å²) in [6.45, 7) is 0. The number of carbonyl (C=O) groups is 2. The van der Waals surface area contributed by atoms with Crippen molar-refractivity contribution in [2.24, 2.45) is 0 Å². The summed E-state index contributed by atoms with van der Waals surface area (Å²) in [6.07, 6.45) is -4.45. The number of esters is 1. The molecule has 1 aliphatic heterocycles. The molecule has 0 aromatic heterocycles. The van der Waals surface area contributed by atoms with E-state index in [1.54, 1.807) is 24.3 Å². The van der Waals surface area contributed by atoms with Gasteiger partial charge in [0.15, 0.2) is 0 Å². The number of ether oxygens (including phenoxy) is 2. The maximum Gasteiger partial charge on any atom is 0.416 e. The number of alkyl halides is 3. The van der Waals surface area contributed by atoms with E-state index in [2.05, 4.69) is 0 Å². The van der Waals surface area contributed by atoms with Crippen LogP contribution in [0.2, 0.25) is 0 Å². The molecule has 0 aliphatic carbocycles. The molecule has 0 saturated carbocycles. The predicted molar refractivity (Wildman–Crippen MR) is 102 cm³/mol. The Morgan fingerprint density at radius 1 is 1.03 bits per heavy atom. The summed E-state index contributed by atoms with van der Waals surface area (Å²) in [4.78, 5) is 26.8. The fraction of sp³-hybridized carbons (Fsp3) is 0.300. The molecule has 1 amide bonds. The second-order valence-corrected chi connectivity index (χ2v) is 7.40. The maximum atomic E-state index is 13.2. The summed E-state index contributed by atoms with van der Waals surface area (Å²) < 4.78 is 48.5. The van der Waals surface area contributed by atoms with Crippen LogP contribution in [-0.2, 0) is 15.7 Å². The standard InChI is InChI=1S/C20H18F3NO4S/c1-27-15-9-5-12(6-10-15)17(25)24-16(19(26)28-2)11-29-18(24)13-3-7-14(8-4-13)20(21,22)23/h3-10,16,18H,11H2,1-2H3. The van der Waals surface area contributed by atoms with Crippen molar-refractivity contribution in [3.63, 3.8) is 0 Å². The van der Waals surface area contributed by atoms with Gasteiger partial charge in [0.25, 0.3) is 5.91 Å². The molecule has 0 N–H and O–H groups in total. The summed E-state index contributed by atoms with van der Waals surface area (Å²) in [5, 5.41) is -0.615. The maximum absolute atomic E-state index is 13.2. The van der Waals surface area contributed by atoms with Gasteiger partial charge in [-0.3, -0.25) is 4.79 Å². The lowest BCUT2D eigenvalue weighted by atomic mass is 10.1. The third kappa shape index (κ3) is 4.34. The minimum absolute atomic E-state index is 0.278. The first-order valence-corrected chi connectivity index (χ1v) is 9.64. The van der Waals surface area contributed by atoms with Crippen molar-refractivity contribution in [2.75, 3.05) is 20.0 Å². The summed E-state index contributed by atoms with van der Waals surface area (Å²) in [6, 6.07) is 10.1. The zero-order valence-electron chi connectivity index (χ0n) is 15.6. The Balaban J connectivity index is 1.95. The van der Waals surface area contributed by atoms with Crippen molar-refractivity contribution >= 4 is 23.6 Å². The van der Waals surface area contributed by atoms with E-state index in [1.807, 2.05) is 0 Å². The zero-order valence-corrected chi connectivity index (χ0v) is 16.4. The fourth-order valence-corrected chi connectivity index (χ4v) is 4.46. The molecule has 1 saturated heterocycles. The van der Waals surface area contributed by atoms with Crippen LogP contribution in [0.4, 0.5) is 13.2 Å². The molecule has 2 atom stereocenters. The van der Waals surface area contributed by atoms with Crippen molar-refractivity contribution in [1.29, 1.82) is 0 Å². The molecule has 3 rings (SSSR count). The van der Waals surface area contributed by atoms with Crippen molar-refractivity contribution in [3.05, 3.63) is 65.2 Å². The lowest BCUT2D eigenvalue weighted by Gasteiger charge is -2.28. The van der Waals surface area contributed by atoms with Crippen molar-refractivity contribution in [3.8, 4) is 5.75 Å². The van der Waals surface area contributed by atoms with Gasteiger partial charge in [0.05, 0.1) is 19.8 Å². The largest absolute Gasteiger partial charge is 0.497 e. The molecule has 0 radical (unpaired) electrons. The quantitative estimate of drug-likeness (QED) is 0.689. The lowest BCUT2D eigenvalue weighted by Crippen LogP contribution is -2.43. The Labute approximate surface area is 169 Å². The number of carbonyl (C=O) groups excluding carboxylic acids is 2. The van der Waals surface area contributed by atoms with Gasteiger partial charge in [-0.25, -0.2) is 4.79 Å². The highest BCUT2D eigenvalue weighted by Gasteiger charge is 2.43. The lowest BCUT2D eigenvalue weighted by molar-refractivity contribution is -0.145. The van der Waals surface area contributed by atoms with Crippen LogP contribution in [0.1, 0.15) is 26.9 Å². The number of hydrogen-bond donors (Lipinski definition) is 0. The molecule has 9 heteroatoms. The van der Waals surface area contributed by atoms with E-state index >= 15 is 0 Å². The number of hydrogen-bond acceptors (Lipinski definition) is 5. The van der Waals surface area contributed by atoms with E-state index in [0.29, 0.717) is 16.9 Å². The number of amides is 1. The van der Waals surface area contributed by atoms with Gasteiger partial charge >= 0.3 is 12.1 Å². The highest BCUT2D eigenvalue weighted by atomic mass is 32.2. The van der Waals surface area contributed by atoms with Crippen LogP contribution in [0.3, 0.4) is 0 Å². The fourth-order valence-electron chi connectivity index (χ4n) is 3.05. The first kappa shape index (κ1) is 21.0. The van der Waals surface area contributed by atoms with Gasteiger partial charge in [0.2, 0.25) is 0 Å². The Morgan fingerprint density at radius 3 is 2.17 bits per heavy atom. The molecule has 2 unspecified atom stereocenters. The van der Waals surface area contributed by atoms with Crippen LogP contribution >= 0.6 is 11.8 Å². The van der Waals surface area contributed by atoms with E-state index in [0.717, 1.165) is 12.1 Å². The topological polar surface area (TPSA) is 55.8 Å². The van der Waals surface area contributed by atoms with Crippen LogP contribution < -0.4 is 4.74 Å². The number of thioether (sulfide) groups is 1. The third-order valence-corrected chi connectivity index (χ3v) is 5.89. The smallest absolute Gasteiger partial charge is 0.416 e. The molecular weight excluding hydrogens is 407 g/mol. The molecule has 1 fully saturated rings. The Kier molecular flexibility index (Phi) is 6.07. The number of nitrogens with zero attached hydrogens (tertiary/aromatic N) is 1. The minimum atomic E-state index is -4.45. The first-order chi connectivity index (χ1) is 13.8. The molecule has 29 heavy (non-hydrogen) atoms. The molecule has 2 aromatic rings. The summed E-state index contributed by atoms with van der Waals surface area (Å²) in [5.41, 5.74) is 0.0529. The van der Waals surface area contributed by atoms with Crippen LogP contribution in [0.5, 0.6) is 5.75 Å². The van der Waals surface area contributed by atoms with Crippen LogP contribution in [0.15, 0.2) is 48.5 Å². The van der Waals surface area contributed by atoms with Crippen LogP contribution in [0.25, 0.3) is 0 Å². The molecule has 2 aromatic carbocycles. The number of rotatable bonds is 4. The molecular formula is C20H18F3NO4S. The number of benzene rings is 2. The monoisotopic (exact) mass is 425 g/mol. The summed E-state index contributed by atoms with van der Waals surface area (Å²) in [7, 11) is 2.73. The van der Waals surface area contributed by atoms with E-state index in [1.165, 1.54) is 43.0 Å². The molecule has 154 valence electrons. The second kappa shape index (κ2) is 8.36. The summed E-state index contributed by atoms with van der Waals surface area (Å²) in [5.74, 6) is -0.145. The molecule has 0 bridgehead atoms. The summed E-state index contributed by atoms with van der Waals surface area (Å²) >= 11 is 1.30. The van der Waals surface area contributed by atoms with Crippen LogP contribution in [0, 0.1) is 0 Å². The average molecular weight is 425 g/mol. The normalized spacial score (nSPS) is 19.1. The number of methoxy groups -OCH3 is 2. The van der Waals surface area contributed by atoms with Gasteiger partial charge < -0.3 is 14.4 Å². The highest BCUT2D eigenvalue weighted by molar-refractivity contribution is 7.99. The minimum Gasteiger partial charge on any atom is -0.497 e. The van der Waals surface area contributed by atoms with E-state index in [9.17, 15) is 22.8 Å². The second-order valence-electron chi connectivity index (χ2n) is 6.29. The van der Waals surface area contributed by atoms with E-state index < -0.39 is 35.0 Å². The van der Waals surface area contributed by atoms with E-state index in [-0.39, 0.29) is 5.75 Å². The van der Waals surface area contributed by atoms with Gasteiger partial charge in [0, 0.05) is 11.3 Å². The zero-order chi connectivity index (χ0) is 21.2. The average Bonchev–Trinajstić information content (AvgIpc) is 3.17. The molecule has 1 heterocycles. The van der Waals surface area contributed by atoms with Gasteiger partial charge in [-0.1, -0.05) is 12.1 Å². The van der Waals surface area contributed by atoms with Crippen molar-refractivity contribution < 1.29 is 32.2 Å². The molecule has 1 aliphatic rings. The van der Waals surface area contributed by atoms with Crippen molar-refractivity contribution in [1.82, 2.24) is 4.90 Å². The first-order valence-electron chi connectivity index (χ1n) is 8.59. The van der Waals surface area contributed by atoms with E-state index in [4.69, 9.17) is 9.47 Å². The Hall–Kier alpha value is -2.68. The van der Waals surface area contributed by atoms with Gasteiger partial charge in [-0.2, -0.15) is 13.2 Å². The Morgan fingerprint density at radius 2 is 1.66 bits per heavy atom. The number of halogens is 3. The van der Waals surface area contributed by atoms with Crippen molar-refractivity contribution in [2.45, 2.75) is 17.6 Å². The van der Waals surface area contributed by atoms with Crippen LogP contribution in [-0.4, -0.2) is 42.8 Å². The highest BCUT2D eigenvalue weighted by Crippen LogP contribution is 2.43. The molecule has 0 spiro atoms. The van der Waals surface area contributed by atoms with Gasteiger partial charge in [-0.15, -0.1) is 11.8 Å². The SMILES string of the molecule is COC(=O)C1CSC(c2ccc(C(F)(F)F)cc2)N1C(=O)c1ccc(OC)cc1. The van der Waals surface area contributed by atoms with Gasteiger partial charge in [0.1, 0.15) is 17.2 Å². The molecule has 5 nitrogen and oxygen atoms in total. The van der Waals surface area contributed by atoms with Gasteiger partial charge in [-0.05, 0) is 42.0 Å². The third-order valence-electron chi connectivity index (χ3n) is 4.57. The Bertz CT molecular complexity index is 884. The predicted octanol–water partition coefficient (Wildman–Crippen LogP) is 4.14.